The van der Waals surface area contributed by atoms with Gasteiger partial charge in [-0.05, 0) is 24.3 Å². The van der Waals surface area contributed by atoms with Crippen molar-refractivity contribution >= 4 is 27.8 Å². The predicted molar refractivity (Wildman–Crippen MR) is 85.5 cm³/mol. The molecule has 0 spiro atoms. The lowest BCUT2D eigenvalue weighted by atomic mass is 10.2. The van der Waals surface area contributed by atoms with Crippen LogP contribution in [0, 0.1) is 0 Å². The molecule has 0 amide bonds. The molecule has 0 atom stereocenters. The molecule has 0 aliphatic heterocycles. The van der Waals surface area contributed by atoms with Gasteiger partial charge in [-0.25, -0.2) is 9.78 Å². The molecule has 0 aliphatic carbocycles. The van der Waals surface area contributed by atoms with Crippen LogP contribution in [0.25, 0.3) is 27.6 Å². The van der Waals surface area contributed by atoms with Gasteiger partial charge in [-0.1, -0.05) is 36.4 Å². The van der Waals surface area contributed by atoms with E-state index >= 15 is 0 Å². The number of carboxylic acid groups (broad SMARTS) is 1. The number of para-hydroxylation sites is 2. The lowest BCUT2D eigenvalue weighted by Gasteiger charge is -2.05. The van der Waals surface area contributed by atoms with Crippen LogP contribution in [0.2, 0.25) is 0 Å². The summed E-state index contributed by atoms with van der Waals surface area (Å²) in [6, 6.07) is 19.2. The first-order valence-corrected chi connectivity index (χ1v) is 6.93. The molecule has 2 aromatic heterocycles. The van der Waals surface area contributed by atoms with E-state index in [0.717, 1.165) is 16.4 Å². The van der Waals surface area contributed by atoms with E-state index in [1.54, 1.807) is 6.20 Å². The molecule has 4 heteroatoms. The number of benzene rings is 2. The van der Waals surface area contributed by atoms with Gasteiger partial charge in [-0.15, -0.1) is 0 Å². The van der Waals surface area contributed by atoms with Crippen LogP contribution in [0.5, 0.6) is 0 Å². The predicted octanol–water partition coefficient (Wildman–Crippen LogP) is 3.88. The molecule has 4 aromatic rings. The highest BCUT2D eigenvalue weighted by Crippen LogP contribution is 2.25. The maximum absolute atomic E-state index is 11.4. The summed E-state index contributed by atoms with van der Waals surface area (Å²) >= 11 is 0. The Morgan fingerprint density at radius 2 is 1.73 bits per heavy atom. The van der Waals surface area contributed by atoms with Gasteiger partial charge in [-0.2, -0.15) is 0 Å². The van der Waals surface area contributed by atoms with Crippen molar-refractivity contribution in [2.75, 3.05) is 0 Å². The zero-order chi connectivity index (χ0) is 15.1. The van der Waals surface area contributed by atoms with Crippen molar-refractivity contribution in [1.29, 1.82) is 0 Å². The van der Waals surface area contributed by atoms with Gasteiger partial charge >= 0.3 is 5.97 Å². The van der Waals surface area contributed by atoms with E-state index in [9.17, 15) is 9.90 Å². The number of hydrogen-bond donors (Lipinski definition) is 1. The number of nitrogens with zero attached hydrogens (tertiary/aromatic N) is 2. The summed E-state index contributed by atoms with van der Waals surface area (Å²) in [5.74, 6) is -0.224. The SMILES string of the molecule is O=C(O)c1cn(-c2ccc3ccccc3n2)c2ccccc12. The van der Waals surface area contributed by atoms with E-state index in [-0.39, 0.29) is 5.56 Å². The normalized spacial score (nSPS) is 11.1. The Balaban J connectivity index is 2.01. The first kappa shape index (κ1) is 12.6. The Morgan fingerprint density at radius 1 is 0.955 bits per heavy atom. The van der Waals surface area contributed by atoms with Crippen LogP contribution in [0.1, 0.15) is 10.4 Å². The minimum absolute atomic E-state index is 0.283. The Morgan fingerprint density at radius 3 is 2.59 bits per heavy atom. The topological polar surface area (TPSA) is 55.1 Å². The van der Waals surface area contributed by atoms with E-state index in [0.29, 0.717) is 11.2 Å². The molecular formula is C18H12N2O2. The summed E-state index contributed by atoms with van der Waals surface area (Å²) in [7, 11) is 0. The summed E-state index contributed by atoms with van der Waals surface area (Å²) in [4.78, 5) is 16.1. The largest absolute Gasteiger partial charge is 0.478 e. The molecule has 0 unspecified atom stereocenters. The number of pyridine rings is 1. The minimum Gasteiger partial charge on any atom is -0.478 e. The van der Waals surface area contributed by atoms with Crippen molar-refractivity contribution in [3.8, 4) is 5.82 Å². The molecule has 106 valence electrons. The molecule has 2 heterocycles. The molecule has 0 saturated carbocycles. The molecule has 0 aliphatic rings. The van der Waals surface area contributed by atoms with E-state index in [1.165, 1.54) is 0 Å². The number of fused-ring (bicyclic) bond motifs is 2. The van der Waals surface area contributed by atoms with Gasteiger partial charge < -0.3 is 9.67 Å². The van der Waals surface area contributed by atoms with Gasteiger partial charge in [0.1, 0.15) is 5.82 Å². The van der Waals surface area contributed by atoms with Crippen molar-refractivity contribution in [3.05, 3.63) is 72.4 Å². The van der Waals surface area contributed by atoms with Crippen LogP contribution in [0.4, 0.5) is 0 Å². The van der Waals surface area contributed by atoms with E-state index < -0.39 is 5.97 Å². The van der Waals surface area contributed by atoms with Crippen LogP contribution in [-0.2, 0) is 0 Å². The quantitative estimate of drug-likeness (QED) is 0.609. The van der Waals surface area contributed by atoms with Crippen LogP contribution < -0.4 is 0 Å². The molecule has 4 nitrogen and oxygen atoms in total. The van der Waals surface area contributed by atoms with Crippen molar-refractivity contribution < 1.29 is 9.90 Å². The van der Waals surface area contributed by atoms with Gasteiger partial charge in [0, 0.05) is 17.0 Å². The van der Waals surface area contributed by atoms with Gasteiger partial charge in [0.2, 0.25) is 0 Å². The fourth-order valence-corrected chi connectivity index (χ4v) is 2.73. The minimum atomic E-state index is -0.935. The second-order valence-electron chi connectivity index (χ2n) is 5.10. The van der Waals surface area contributed by atoms with Gasteiger partial charge in [-0.3, -0.25) is 0 Å². The molecule has 0 saturated heterocycles. The maximum atomic E-state index is 11.4. The molecule has 1 N–H and O–H groups in total. The van der Waals surface area contributed by atoms with Crippen LogP contribution >= 0.6 is 0 Å². The second-order valence-corrected chi connectivity index (χ2v) is 5.10. The molecule has 0 fully saturated rings. The average Bonchev–Trinajstić information content (AvgIpc) is 2.94. The van der Waals surface area contributed by atoms with Crippen molar-refractivity contribution in [3.63, 3.8) is 0 Å². The van der Waals surface area contributed by atoms with E-state index in [4.69, 9.17) is 0 Å². The maximum Gasteiger partial charge on any atom is 0.337 e. The number of aromatic carboxylic acids is 1. The Kier molecular flexibility index (Phi) is 2.69. The molecule has 0 radical (unpaired) electrons. The summed E-state index contributed by atoms with van der Waals surface area (Å²) in [5.41, 5.74) is 2.00. The first-order chi connectivity index (χ1) is 10.7. The standard InChI is InChI=1S/C18H12N2O2/c21-18(22)14-11-20(16-8-4-2-6-13(14)16)17-10-9-12-5-1-3-7-15(12)19-17/h1-11H,(H,21,22). The lowest BCUT2D eigenvalue weighted by molar-refractivity contribution is 0.0699. The highest BCUT2D eigenvalue weighted by atomic mass is 16.4. The highest BCUT2D eigenvalue weighted by molar-refractivity contribution is 6.04. The molecule has 22 heavy (non-hydrogen) atoms. The Hall–Kier alpha value is -3.14. The van der Waals surface area contributed by atoms with Crippen LogP contribution in [-0.4, -0.2) is 20.6 Å². The third kappa shape index (κ3) is 1.85. The molecular weight excluding hydrogens is 276 g/mol. The Bertz CT molecular complexity index is 1020. The zero-order valence-corrected chi connectivity index (χ0v) is 11.6. The highest BCUT2D eigenvalue weighted by Gasteiger charge is 2.15. The summed E-state index contributed by atoms with van der Waals surface area (Å²) < 4.78 is 1.82. The smallest absolute Gasteiger partial charge is 0.337 e. The first-order valence-electron chi connectivity index (χ1n) is 6.93. The van der Waals surface area contributed by atoms with E-state index in [2.05, 4.69) is 4.98 Å². The van der Waals surface area contributed by atoms with E-state index in [1.807, 2.05) is 65.2 Å². The van der Waals surface area contributed by atoms with Gasteiger partial charge in [0.25, 0.3) is 0 Å². The molecule has 2 aromatic carbocycles. The number of carboxylic acids is 1. The number of hydrogen-bond acceptors (Lipinski definition) is 2. The van der Waals surface area contributed by atoms with Crippen LogP contribution in [0.3, 0.4) is 0 Å². The monoisotopic (exact) mass is 288 g/mol. The lowest BCUT2D eigenvalue weighted by Crippen LogP contribution is -1.97. The van der Waals surface area contributed by atoms with Crippen LogP contribution in [0.15, 0.2) is 66.9 Å². The number of aromatic nitrogens is 2. The number of rotatable bonds is 2. The van der Waals surface area contributed by atoms with Gasteiger partial charge in [0.15, 0.2) is 0 Å². The fourth-order valence-electron chi connectivity index (χ4n) is 2.73. The summed E-state index contributed by atoms with van der Waals surface area (Å²) in [5, 5.41) is 11.2. The van der Waals surface area contributed by atoms with Crippen molar-refractivity contribution in [2.45, 2.75) is 0 Å². The fraction of sp³-hybridized carbons (Fsp3) is 0. The third-order valence-electron chi connectivity index (χ3n) is 3.77. The average molecular weight is 288 g/mol. The van der Waals surface area contributed by atoms with Crippen molar-refractivity contribution in [1.82, 2.24) is 9.55 Å². The summed E-state index contributed by atoms with van der Waals surface area (Å²) in [6.45, 7) is 0. The van der Waals surface area contributed by atoms with Crippen molar-refractivity contribution in [2.24, 2.45) is 0 Å². The molecule has 0 bridgehead atoms. The Labute approximate surface area is 126 Å². The van der Waals surface area contributed by atoms with Gasteiger partial charge in [0.05, 0.1) is 16.6 Å². The summed E-state index contributed by atoms with van der Waals surface area (Å²) in [6.07, 6.45) is 1.63. The zero-order valence-electron chi connectivity index (χ0n) is 11.6. The second kappa shape index (κ2) is 4.70. The number of carbonyl (C=O) groups is 1. The molecule has 4 rings (SSSR count). The third-order valence-corrected chi connectivity index (χ3v) is 3.77.